The van der Waals surface area contributed by atoms with Gasteiger partial charge in [-0.25, -0.2) is 4.79 Å². The lowest BCUT2D eigenvalue weighted by atomic mass is 10.2. The van der Waals surface area contributed by atoms with Crippen LogP contribution in [-0.2, 0) is 9.59 Å². The van der Waals surface area contributed by atoms with Crippen molar-refractivity contribution in [3.05, 3.63) is 12.2 Å². The van der Waals surface area contributed by atoms with Gasteiger partial charge in [0.25, 0.3) is 0 Å². The fraction of sp³-hybridized carbons (Fsp3) is 0.200. The Morgan fingerprint density at radius 1 is 1.30 bits per heavy atom. The van der Waals surface area contributed by atoms with Gasteiger partial charge in [0.1, 0.15) is 0 Å². The van der Waals surface area contributed by atoms with Crippen molar-refractivity contribution in [2.75, 3.05) is 0 Å². The average Bonchev–Trinajstić information content (AvgIpc) is 1.63. The van der Waals surface area contributed by atoms with Crippen molar-refractivity contribution in [1.82, 2.24) is 0 Å². The van der Waals surface area contributed by atoms with Crippen LogP contribution in [0.2, 0.25) is 0 Å². The van der Waals surface area contributed by atoms with Crippen LogP contribution in [0.3, 0.4) is 0 Å². The number of aliphatic carboxylic acids is 2. The van der Waals surface area contributed by atoms with Gasteiger partial charge in [-0.05, 0) is 0 Å². The molecule has 0 rings (SSSR count). The van der Waals surface area contributed by atoms with E-state index in [2.05, 4.69) is 6.58 Å². The van der Waals surface area contributed by atoms with Crippen LogP contribution >= 0.6 is 0 Å². The molecule has 0 aliphatic heterocycles. The molecule has 10 heavy (non-hydrogen) atoms. The minimum atomic E-state index is -1.27. The third-order valence-corrected chi connectivity index (χ3v) is 0.667. The molecule has 0 amide bonds. The molecule has 0 aliphatic rings. The van der Waals surface area contributed by atoms with Crippen molar-refractivity contribution in [2.24, 2.45) is 0 Å². The Morgan fingerprint density at radius 2 is 1.70 bits per heavy atom. The molecule has 0 radical (unpaired) electrons. The van der Waals surface area contributed by atoms with E-state index in [1.807, 2.05) is 0 Å². The predicted molar refractivity (Wildman–Crippen MR) is 31.5 cm³/mol. The van der Waals surface area contributed by atoms with Crippen molar-refractivity contribution in [1.29, 1.82) is 0 Å². The summed E-state index contributed by atoms with van der Waals surface area (Å²) in [6.07, 6.45) is -0.505. The van der Waals surface area contributed by atoms with E-state index in [4.69, 9.17) is 10.2 Å². The Hall–Kier alpha value is -1.39. The number of hydrogen-bond acceptors (Lipinski definition) is 2. The molecule has 0 atom stereocenters. The normalized spacial score (nSPS) is 7.60. The zero-order valence-electron chi connectivity index (χ0n) is 5.03. The van der Waals surface area contributed by atoms with Crippen molar-refractivity contribution in [3.63, 3.8) is 0 Å². The Balaban J connectivity index is 0. The van der Waals surface area contributed by atoms with Gasteiger partial charge in [-0.1, -0.05) is 6.58 Å². The fourth-order valence-corrected chi connectivity index (χ4v) is 0.258. The number of rotatable bonds is 3. The standard InChI is InChI=1S/C5H6O4.FH/c1-3(5(8)9)2-4(6)7;/h1-2H2,(H,6,7)(H,8,9);1H. The monoisotopic (exact) mass is 150 g/mol. The first-order chi connectivity index (χ1) is 4.04. The highest BCUT2D eigenvalue weighted by molar-refractivity contribution is 5.91. The molecule has 5 heteroatoms. The van der Waals surface area contributed by atoms with Crippen molar-refractivity contribution in [2.45, 2.75) is 6.42 Å². The van der Waals surface area contributed by atoms with E-state index in [9.17, 15) is 9.59 Å². The van der Waals surface area contributed by atoms with E-state index in [1.165, 1.54) is 0 Å². The SMILES string of the molecule is C=C(CC(=O)O)C(=O)O.F. The first-order valence-corrected chi connectivity index (χ1v) is 2.17. The summed E-state index contributed by atoms with van der Waals surface area (Å²) in [6.45, 7) is 3.01. The quantitative estimate of drug-likeness (QED) is 0.565. The third-order valence-electron chi connectivity index (χ3n) is 0.667. The second-order valence-corrected chi connectivity index (χ2v) is 1.48. The summed E-state index contributed by atoms with van der Waals surface area (Å²) in [4.78, 5) is 19.7. The summed E-state index contributed by atoms with van der Waals surface area (Å²) >= 11 is 0. The predicted octanol–water partition coefficient (Wildman–Crippen LogP) is 0.254. The van der Waals surface area contributed by atoms with Crippen LogP contribution in [0.1, 0.15) is 6.42 Å². The lowest BCUT2D eigenvalue weighted by Gasteiger charge is -1.91. The highest BCUT2D eigenvalue weighted by Gasteiger charge is 2.07. The third kappa shape index (κ3) is 4.76. The minimum Gasteiger partial charge on any atom is -0.481 e. The van der Waals surface area contributed by atoms with Crippen LogP contribution in [0.15, 0.2) is 12.2 Å². The second-order valence-electron chi connectivity index (χ2n) is 1.48. The molecule has 0 heterocycles. The van der Waals surface area contributed by atoms with Gasteiger partial charge in [0.2, 0.25) is 0 Å². The maximum Gasteiger partial charge on any atom is 0.331 e. The van der Waals surface area contributed by atoms with Crippen LogP contribution < -0.4 is 0 Å². The van der Waals surface area contributed by atoms with Crippen molar-refractivity contribution < 1.29 is 24.5 Å². The van der Waals surface area contributed by atoms with Gasteiger partial charge in [-0.2, -0.15) is 0 Å². The number of hydrogen-bond donors (Lipinski definition) is 2. The first kappa shape index (κ1) is 11.4. The van der Waals surface area contributed by atoms with Gasteiger partial charge in [0, 0.05) is 5.57 Å². The molecule has 0 aromatic carbocycles. The topological polar surface area (TPSA) is 74.6 Å². The van der Waals surface area contributed by atoms with Gasteiger partial charge in [0.05, 0.1) is 6.42 Å². The molecule has 0 bridgehead atoms. The molecular formula is C5H7FO4. The van der Waals surface area contributed by atoms with Gasteiger partial charge >= 0.3 is 11.9 Å². The van der Waals surface area contributed by atoms with Crippen LogP contribution in [0.5, 0.6) is 0 Å². The molecule has 0 spiro atoms. The lowest BCUT2D eigenvalue weighted by Crippen LogP contribution is -2.04. The summed E-state index contributed by atoms with van der Waals surface area (Å²) in [6, 6.07) is 0. The van der Waals surface area contributed by atoms with Crippen LogP contribution in [0.25, 0.3) is 0 Å². The maximum atomic E-state index is 9.87. The first-order valence-electron chi connectivity index (χ1n) is 2.17. The van der Waals surface area contributed by atoms with E-state index in [0.717, 1.165) is 0 Å². The average molecular weight is 150 g/mol. The lowest BCUT2D eigenvalue weighted by molar-refractivity contribution is -0.139. The highest BCUT2D eigenvalue weighted by Crippen LogP contribution is 1.95. The molecule has 58 valence electrons. The summed E-state index contributed by atoms with van der Waals surface area (Å²) in [5.41, 5.74) is -0.303. The molecule has 2 N–H and O–H groups in total. The van der Waals surface area contributed by atoms with E-state index < -0.39 is 18.4 Å². The molecule has 0 aromatic rings. The zero-order chi connectivity index (χ0) is 7.44. The zero-order valence-corrected chi connectivity index (χ0v) is 5.03. The number of carbonyl (C=O) groups is 2. The van der Waals surface area contributed by atoms with Crippen molar-refractivity contribution in [3.8, 4) is 0 Å². The summed E-state index contributed by atoms with van der Waals surface area (Å²) in [5.74, 6) is -2.44. The smallest absolute Gasteiger partial charge is 0.331 e. The van der Waals surface area contributed by atoms with E-state index >= 15 is 0 Å². The van der Waals surface area contributed by atoms with E-state index in [0.29, 0.717) is 0 Å². The number of carboxylic acids is 2. The fourth-order valence-electron chi connectivity index (χ4n) is 0.258. The molecular weight excluding hydrogens is 143 g/mol. The Bertz CT molecular complexity index is 163. The van der Waals surface area contributed by atoms with E-state index in [-0.39, 0.29) is 10.3 Å². The summed E-state index contributed by atoms with van der Waals surface area (Å²) < 4.78 is 0. The maximum absolute atomic E-state index is 9.87. The molecule has 4 nitrogen and oxygen atoms in total. The van der Waals surface area contributed by atoms with Gasteiger partial charge in [-0.15, -0.1) is 0 Å². The molecule has 0 unspecified atom stereocenters. The summed E-state index contributed by atoms with van der Waals surface area (Å²) in [7, 11) is 0. The van der Waals surface area contributed by atoms with Crippen LogP contribution in [0.4, 0.5) is 4.70 Å². The minimum absolute atomic E-state index is 0. The number of carboxylic acid groups (broad SMARTS) is 2. The second kappa shape index (κ2) is 4.49. The molecule has 0 saturated heterocycles. The largest absolute Gasteiger partial charge is 0.481 e. The van der Waals surface area contributed by atoms with Gasteiger partial charge < -0.3 is 10.2 Å². The Kier molecular flexibility index (Phi) is 5.12. The summed E-state index contributed by atoms with van der Waals surface area (Å²) in [5, 5.41) is 16.1. The van der Waals surface area contributed by atoms with E-state index in [1.54, 1.807) is 0 Å². The molecule has 0 saturated carbocycles. The molecule has 0 fully saturated rings. The molecule has 0 aliphatic carbocycles. The highest BCUT2D eigenvalue weighted by atomic mass is 19.0. The Morgan fingerprint density at radius 3 is 1.80 bits per heavy atom. The van der Waals surface area contributed by atoms with Gasteiger partial charge in [0.15, 0.2) is 0 Å². The van der Waals surface area contributed by atoms with Gasteiger partial charge in [-0.3, -0.25) is 9.50 Å². The van der Waals surface area contributed by atoms with Crippen molar-refractivity contribution >= 4 is 11.9 Å². The number of halogens is 1. The molecule has 0 aromatic heterocycles. The Labute approximate surface area is 56.1 Å². The van der Waals surface area contributed by atoms with Crippen LogP contribution in [0, 0.1) is 0 Å². The van der Waals surface area contributed by atoms with Crippen LogP contribution in [-0.4, -0.2) is 22.2 Å².